The molecule has 0 amide bonds. The molecule has 0 unspecified atom stereocenters. The van der Waals surface area contributed by atoms with Crippen molar-refractivity contribution in [3.05, 3.63) is 12.4 Å². The van der Waals surface area contributed by atoms with Crippen LogP contribution in [0.4, 0.5) is 0 Å². The molecule has 0 fully saturated rings. The maximum absolute atomic E-state index is 5.46. The summed E-state index contributed by atoms with van der Waals surface area (Å²) >= 11 is 0. The Balaban J connectivity index is 0.00000169. The minimum atomic E-state index is 0. The molecule has 1 aliphatic heterocycles. The highest BCUT2D eigenvalue weighted by molar-refractivity contribution is 8.93. The number of nitrogens with zero attached hydrogens (tertiary/aromatic N) is 2. The van der Waals surface area contributed by atoms with Crippen LogP contribution < -0.4 is 5.73 Å². The summed E-state index contributed by atoms with van der Waals surface area (Å²) in [6, 6.07) is 0. The molecular formula is C10H22BrN3. The maximum Gasteiger partial charge on any atom is 0.0893 e. The molecule has 2 N–H and O–H groups in total. The summed E-state index contributed by atoms with van der Waals surface area (Å²) in [7, 11) is 0. The van der Waals surface area contributed by atoms with Crippen molar-refractivity contribution in [2.24, 2.45) is 5.73 Å². The van der Waals surface area contributed by atoms with Crippen LogP contribution >= 0.6 is 17.0 Å². The Morgan fingerprint density at radius 2 is 1.71 bits per heavy atom. The quantitative estimate of drug-likeness (QED) is 0.793. The molecule has 1 rings (SSSR count). The van der Waals surface area contributed by atoms with Crippen molar-refractivity contribution in [1.82, 2.24) is 9.80 Å². The Kier molecular flexibility index (Phi) is 7.99. The Morgan fingerprint density at radius 1 is 1.14 bits per heavy atom. The van der Waals surface area contributed by atoms with E-state index >= 15 is 0 Å². The fourth-order valence-electron chi connectivity index (χ4n) is 1.46. The minimum absolute atomic E-state index is 0. The zero-order valence-corrected chi connectivity index (χ0v) is 10.7. The van der Waals surface area contributed by atoms with E-state index in [1.165, 1.54) is 19.4 Å². The lowest BCUT2D eigenvalue weighted by Crippen LogP contribution is -2.27. The van der Waals surface area contributed by atoms with Gasteiger partial charge < -0.3 is 15.5 Å². The van der Waals surface area contributed by atoms with Gasteiger partial charge in [0.05, 0.1) is 6.67 Å². The zero-order chi connectivity index (χ0) is 9.52. The summed E-state index contributed by atoms with van der Waals surface area (Å²) < 4.78 is 0. The molecular weight excluding hydrogens is 242 g/mol. The lowest BCUT2D eigenvalue weighted by Gasteiger charge is -2.20. The highest BCUT2D eigenvalue weighted by Gasteiger charge is 2.09. The molecule has 4 heteroatoms. The summed E-state index contributed by atoms with van der Waals surface area (Å²) in [5, 5.41) is 0. The van der Waals surface area contributed by atoms with E-state index < -0.39 is 0 Å². The minimum Gasteiger partial charge on any atom is -0.359 e. The highest BCUT2D eigenvalue weighted by atomic mass is 79.9. The van der Waals surface area contributed by atoms with Gasteiger partial charge in [-0.25, -0.2) is 0 Å². The number of rotatable bonds is 6. The van der Waals surface area contributed by atoms with Crippen molar-refractivity contribution in [2.75, 3.05) is 26.3 Å². The van der Waals surface area contributed by atoms with Gasteiger partial charge in [-0.15, -0.1) is 17.0 Å². The lowest BCUT2D eigenvalue weighted by molar-refractivity contribution is 0.261. The standard InChI is InChI=1S/C10H21N3.BrH/c1-2-3-6-12-8-9-13(10-12)7-4-5-11;/h8-9H,2-7,10-11H2,1H3;1H. The third kappa shape index (κ3) is 4.86. The number of unbranched alkanes of at least 4 members (excludes halogenated alkanes) is 1. The summed E-state index contributed by atoms with van der Waals surface area (Å²) in [4.78, 5) is 4.68. The highest BCUT2D eigenvalue weighted by Crippen LogP contribution is 2.07. The average molecular weight is 264 g/mol. The van der Waals surface area contributed by atoms with E-state index in [2.05, 4.69) is 29.1 Å². The largest absolute Gasteiger partial charge is 0.359 e. The van der Waals surface area contributed by atoms with Gasteiger partial charge in [-0.1, -0.05) is 13.3 Å². The molecule has 0 saturated carbocycles. The van der Waals surface area contributed by atoms with Gasteiger partial charge in [0.15, 0.2) is 0 Å². The molecule has 0 saturated heterocycles. The molecule has 0 aromatic rings. The van der Waals surface area contributed by atoms with Gasteiger partial charge in [0.25, 0.3) is 0 Å². The van der Waals surface area contributed by atoms with Crippen LogP contribution in [0.5, 0.6) is 0 Å². The first-order chi connectivity index (χ1) is 6.36. The van der Waals surface area contributed by atoms with Crippen molar-refractivity contribution in [3.8, 4) is 0 Å². The van der Waals surface area contributed by atoms with Crippen LogP contribution in [-0.2, 0) is 0 Å². The molecule has 0 aromatic carbocycles. The molecule has 1 heterocycles. The first-order valence-electron chi connectivity index (χ1n) is 5.23. The van der Waals surface area contributed by atoms with Crippen LogP contribution in [0.2, 0.25) is 0 Å². The van der Waals surface area contributed by atoms with E-state index in [-0.39, 0.29) is 17.0 Å². The molecule has 0 aliphatic carbocycles. The summed E-state index contributed by atoms with van der Waals surface area (Å²) in [6.07, 6.45) is 8.01. The van der Waals surface area contributed by atoms with Crippen molar-refractivity contribution in [1.29, 1.82) is 0 Å². The fourth-order valence-corrected chi connectivity index (χ4v) is 1.46. The van der Waals surface area contributed by atoms with Gasteiger partial charge in [0.1, 0.15) is 0 Å². The third-order valence-electron chi connectivity index (χ3n) is 2.30. The van der Waals surface area contributed by atoms with E-state index in [0.29, 0.717) is 0 Å². The second-order valence-electron chi connectivity index (χ2n) is 3.56. The van der Waals surface area contributed by atoms with Gasteiger partial charge in [0, 0.05) is 25.5 Å². The second-order valence-corrected chi connectivity index (χ2v) is 3.56. The van der Waals surface area contributed by atoms with Gasteiger partial charge in [-0.3, -0.25) is 0 Å². The topological polar surface area (TPSA) is 32.5 Å². The van der Waals surface area contributed by atoms with Crippen molar-refractivity contribution < 1.29 is 0 Å². The Labute approximate surface area is 97.7 Å². The molecule has 1 aliphatic rings. The predicted molar refractivity (Wildman–Crippen MR) is 66.3 cm³/mol. The van der Waals surface area contributed by atoms with Crippen LogP contribution in [-0.4, -0.2) is 36.1 Å². The smallest absolute Gasteiger partial charge is 0.0893 e. The first-order valence-corrected chi connectivity index (χ1v) is 5.23. The number of hydrogen-bond acceptors (Lipinski definition) is 3. The SMILES string of the molecule is Br.CCCCN1C=CN(CCCN)C1. The third-order valence-corrected chi connectivity index (χ3v) is 2.30. The van der Waals surface area contributed by atoms with Crippen molar-refractivity contribution in [2.45, 2.75) is 26.2 Å². The predicted octanol–water partition coefficient (Wildman–Crippen LogP) is 1.76. The van der Waals surface area contributed by atoms with Crippen LogP contribution in [0, 0.1) is 0 Å². The normalized spacial score (nSPS) is 14.7. The monoisotopic (exact) mass is 263 g/mol. The second kappa shape index (κ2) is 8.12. The van der Waals surface area contributed by atoms with E-state index in [4.69, 9.17) is 5.73 Å². The van der Waals surface area contributed by atoms with E-state index in [9.17, 15) is 0 Å². The van der Waals surface area contributed by atoms with E-state index in [0.717, 1.165) is 26.2 Å². The van der Waals surface area contributed by atoms with Gasteiger partial charge in [-0.2, -0.15) is 0 Å². The van der Waals surface area contributed by atoms with Crippen LogP contribution in [0.1, 0.15) is 26.2 Å². The molecule has 14 heavy (non-hydrogen) atoms. The van der Waals surface area contributed by atoms with E-state index in [1.807, 2.05) is 0 Å². The van der Waals surface area contributed by atoms with Crippen molar-refractivity contribution >= 4 is 17.0 Å². The Morgan fingerprint density at radius 3 is 2.21 bits per heavy atom. The average Bonchev–Trinajstić information content (AvgIpc) is 2.59. The van der Waals surface area contributed by atoms with E-state index in [1.54, 1.807) is 0 Å². The van der Waals surface area contributed by atoms with Crippen molar-refractivity contribution in [3.63, 3.8) is 0 Å². The Hall–Kier alpha value is -0.220. The van der Waals surface area contributed by atoms with Crippen LogP contribution in [0.15, 0.2) is 12.4 Å². The molecule has 0 radical (unpaired) electrons. The molecule has 0 atom stereocenters. The summed E-state index contributed by atoms with van der Waals surface area (Å²) in [5.74, 6) is 0. The van der Waals surface area contributed by atoms with Gasteiger partial charge >= 0.3 is 0 Å². The molecule has 3 nitrogen and oxygen atoms in total. The number of hydrogen-bond donors (Lipinski definition) is 1. The molecule has 0 bridgehead atoms. The molecule has 0 spiro atoms. The number of nitrogens with two attached hydrogens (primary N) is 1. The summed E-state index contributed by atoms with van der Waals surface area (Å²) in [6.45, 7) is 6.35. The van der Waals surface area contributed by atoms with Crippen LogP contribution in [0.25, 0.3) is 0 Å². The zero-order valence-electron chi connectivity index (χ0n) is 8.98. The first kappa shape index (κ1) is 13.8. The van der Waals surface area contributed by atoms with Gasteiger partial charge in [-0.05, 0) is 19.4 Å². The summed E-state index contributed by atoms with van der Waals surface area (Å²) in [5.41, 5.74) is 5.46. The van der Waals surface area contributed by atoms with Gasteiger partial charge in [0.2, 0.25) is 0 Å². The van der Waals surface area contributed by atoms with Crippen LogP contribution in [0.3, 0.4) is 0 Å². The molecule has 0 aromatic heterocycles. The number of halogens is 1. The maximum atomic E-state index is 5.46. The lowest BCUT2D eigenvalue weighted by atomic mass is 10.3. The molecule has 84 valence electrons. The fraction of sp³-hybridized carbons (Fsp3) is 0.800. The Bertz CT molecular complexity index is 145.